The van der Waals surface area contributed by atoms with Gasteiger partial charge in [-0.25, -0.2) is 13.4 Å². The number of benzene rings is 1. The second-order valence-electron chi connectivity index (χ2n) is 4.48. The molecule has 0 amide bonds. The Bertz CT molecular complexity index is 717. The highest BCUT2D eigenvalue weighted by Gasteiger charge is 2.09. The maximum atomic E-state index is 11.2. The molecule has 20 heavy (non-hydrogen) atoms. The van der Waals surface area contributed by atoms with E-state index in [0.29, 0.717) is 5.69 Å². The van der Waals surface area contributed by atoms with Crippen LogP contribution in [0, 0.1) is 0 Å². The number of carbonyl (C=O) groups is 1. The van der Waals surface area contributed by atoms with Crippen LogP contribution >= 0.6 is 11.3 Å². The van der Waals surface area contributed by atoms with E-state index in [1.165, 1.54) is 17.6 Å². The Labute approximate surface area is 120 Å². The fraction of sp³-hybridized carbons (Fsp3) is 0.231. The lowest BCUT2D eigenvalue weighted by Gasteiger charge is -2.01. The molecule has 1 heterocycles. The van der Waals surface area contributed by atoms with Crippen molar-refractivity contribution >= 4 is 27.1 Å². The third-order valence-electron chi connectivity index (χ3n) is 2.51. The zero-order valence-corrected chi connectivity index (χ0v) is 12.4. The van der Waals surface area contributed by atoms with Crippen molar-refractivity contribution in [3.63, 3.8) is 0 Å². The lowest BCUT2D eigenvalue weighted by atomic mass is 10.1. The van der Waals surface area contributed by atoms with Gasteiger partial charge in [-0.2, -0.15) is 0 Å². The first-order chi connectivity index (χ1) is 9.33. The van der Waals surface area contributed by atoms with E-state index in [1.807, 2.05) is 0 Å². The number of carboxylic acid groups (broad SMARTS) is 1. The molecule has 7 heteroatoms. The van der Waals surface area contributed by atoms with Crippen LogP contribution in [0.5, 0.6) is 0 Å². The van der Waals surface area contributed by atoms with Crippen LogP contribution in [-0.4, -0.2) is 30.7 Å². The van der Waals surface area contributed by atoms with E-state index in [2.05, 4.69) is 4.98 Å². The van der Waals surface area contributed by atoms with E-state index in [4.69, 9.17) is 5.11 Å². The van der Waals surface area contributed by atoms with Crippen molar-refractivity contribution in [2.24, 2.45) is 0 Å². The molecule has 106 valence electrons. The molecule has 0 aliphatic rings. The number of aliphatic carboxylic acids is 1. The third-order valence-corrected chi connectivity index (χ3v) is 4.31. The predicted molar refractivity (Wildman–Crippen MR) is 77.4 cm³/mol. The summed E-state index contributed by atoms with van der Waals surface area (Å²) in [4.78, 5) is 14.8. The van der Waals surface area contributed by atoms with E-state index < -0.39 is 15.8 Å². The number of hydrogen-bond acceptors (Lipinski definition) is 5. The van der Waals surface area contributed by atoms with Gasteiger partial charge in [-0.1, -0.05) is 24.3 Å². The van der Waals surface area contributed by atoms with Gasteiger partial charge in [0.05, 0.1) is 17.9 Å². The molecule has 0 spiro atoms. The molecule has 0 fully saturated rings. The summed E-state index contributed by atoms with van der Waals surface area (Å²) < 4.78 is 22.4. The van der Waals surface area contributed by atoms with Crippen molar-refractivity contribution in [1.29, 1.82) is 0 Å². The summed E-state index contributed by atoms with van der Waals surface area (Å²) in [7, 11) is -3.04. The average molecular weight is 311 g/mol. The molecule has 0 bridgehead atoms. The Morgan fingerprint density at radius 1 is 1.30 bits per heavy atom. The SMILES string of the molecule is CS(=O)(=O)Cc1ccc(-c2nc(CC(=O)O)cs2)cc1. The topological polar surface area (TPSA) is 84.3 Å². The average Bonchev–Trinajstić information content (AvgIpc) is 2.75. The van der Waals surface area contributed by atoms with Crippen molar-refractivity contribution in [3.05, 3.63) is 40.9 Å². The van der Waals surface area contributed by atoms with Gasteiger partial charge in [-0.05, 0) is 5.56 Å². The van der Waals surface area contributed by atoms with Gasteiger partial charge in [-0.15, -0.1) is 11.3 Å². The summed E-state index contributed by atoms with van der Waals surface area (Å²) >= 11 is 1.37. The maximum Gasteiger partial charge on any atom is 0.309 e. The Hall–Kier alpha value is -1.73. The maximum absolute atomic E-state index is 11.2. The number of hydrogen-bond donors (Lipinski definition) is 1. The van der Waals surface area contributed by atoms with Gasteiger partial charge in [0.25, 0.3) is 0 Å². The lowest BCUT2D eigenvalue weighted by Crippen LogP contribution is -2.00. The van der Waals surface area contributed by atoms with Gasteiger partial charge >= 0.3 is 5.97 Å². The number of aromatic nitrogens is 1. The van der Waals surface area contributed by atoms with Crippen molar-refractivity contribution in [3.8, 4) is 10.6 Å². The Morgan fingerprint density at radius 2 is 1.95 bits per heavy atom. The Kier molecular flexibility index (Phi) is 4.20. The van der Waals surface area contributed by atoms with Crippen LogP contribution in [0.2, 0.25) is 0 Å². The van der Waals surface area contributed by atoms with Crippen LogP contribution in [0.15, 0.2) is 29.6 Å². The molecule has 0 aliphatic carbocycles. The molecule has 5 nitrogen and oxygen atoms in total. The van der Waals surface area contributed by atoms with Crippen LogP contribution in [0.3, 0.4) is 0 Å². The van der Waals surface area contributed by atoms with Gasteiger partial charge < -0.3 is 5.11 Å². The second kappa shape index (κ2) is 5.72. The third kappa shape index (κ3) is 4.14. The van der Waals surface area contributed by atoms with Gasteiger partial charge in [-0.3, -0.25) is 4.79 Å². The summed E-state index contributed by atoms with van der Waals surface area (Å²) in [6.45, 7) is 0. The van der Waals surface area contributed by atoms with Crippen molar-refractivity contribution in [1.82, 2.24) is 4.98 Å². The molecule has 2 rings (SSSR count). The predicted octanol–water partition coefficient (Wildman–Crippen LogP) is 1.98. The van der Waals surface area contributed by atoms with Crippen LogP contribution < -0.4 is 0 Å². The van der Waals surface area contributed by atoms with Crippen LogP contribution in [0.1, 0.15) is 11.3 Å². The van der Waals surface area contributed by atoms with Crippen molar-refractivity contribution < 1.29 is 18.3 Å². The highest BCUT2D eigenvalue weighted by Crippen LogP contribution is 2.24. The van der Waals surface area contributed by atoms with Gasteiger partial charge in [0, 0.05) is 17.2 Å². The smallest absolute Gasteiger partial charge is 0.309 e. The lowest BCUT2D eigenvalue weighted by molar-refractivity contribution is -0.136. The van der Waals surface area contributed by atoms with E-state index in [0.717, 1.165) is 16.1 Å². The fourth-order valence-corrected chi connectivity index (χ4v) is 3.35. The van der Waals surface area contributed by atoms with Crippen LogP contribution in [-0.2, 0) is 26.8 Å². The number of carboxylic acids is 1. The highest BCUT2D eigenvalue weighted by atomic mass is 32.2. The molecule has 0 radical (unpaired) electrons. The van der Waals surface area contributed by atoms with Crippen LogP contribution in [0.4, 0.5) is 0 Å². The summed E-state index contributed by atoms with van der Waals surface area (Å²) in [6, 6.07) is 7.08. The first-order valence-electron chi connectivity index (χ1n) is 5.77. The molecular formula is C13H13NO4S2. The molecule has 0 atom stereocenters. The minimum Gasteiger partial charge on any atom is -0.481 e. The molecule has 0 aliphatic heterocycles. The minimum absolute atomic E-state index is 0.00934. The van der Waals surface area contributed by atoms with E-state index in [1.54, 1.807) is 29.6 Å². The number of nitrogens with zero attached hydrogens (tertiary/aromatic N) is 1. The van der Waals surface area contributed by atoms with Crippen molar-refractivity contribution in [2.75, 3.05) is 6.26 Å². The first kappa shape index (κ1) is 14.7. The van der Waals surface area contributed by atoms with Crippen LogP contribution in [0.25, 0.3) is 10.6 Å². The Balaban J connectivity index is 2.17. The zero-order valence-electron chi connectivity index (χ0n) is 10.7. The molecule has 1 aromatic heterocycles. The summed E-state index contributed by atoms with van der Waals surface area (Å²) in [5.41, 5.74) is 2.10. The summed E-state index contributed by atoms with van der Waals surface area (Å²) in [6.07, 6.45) is 1.10. The van der Waals surface area contributed by atoms with E-state index in [9.17, 15) is 13.2 Å². The van der Waals surface area contributed by atoms with E-state index in [-0.39, 0.29) is 12.2 Å². The van der Waals surface area contributed by atoms with Gasteiger partial charge in [0.1, 0.15) is 5.01 Å². The molecule has 0 saturated heterocycles. The number of sulfone groups is 1. The molecule has 1 aromatic carbocycles. The van der Waals surface area contributed by atoms with Gasteiger partial charge in [0.2, 0.25) is 0 Å². The van der Waals surface area contributed by atoms with Gasteiger partial charge in [0.15, 0.2) is 9.84 Å². The monoisotopic (exact) mass is 311 g/mol. The van der Waals surface area contributed by atoms with Crippen molar-refractivity contribution in [2.45, 2.75) is 12.2 Å². The number of thiazole rings is 1. The summed E-state index contributed by atoms with van der Waals surface area (Å²) in [5.74, 6) is -0.902. The fourth-order valence-electron chi connectivity index (χ4n) is 1.72. The summed E-state index contributed by atoms with van der Waals surface area (Å²) in [5, 5.41) is 11.1. The molecule has 2 aromatic rings. The molecular weight excluding hydrogens is 298 g/mol. The standard InChI is InChI=1S/C13H13NO4S2/c1-20(17,18)8-9-2-4-10(5-3-9)13-14-11(7-19-13)6-12(15)16/h2-5,7H,6,8H2,1H3,(H,15,16). The zero-order chi connectivity index (χ0) is 14.8. The number of rotatable bonds is 5. The highest BCUT2D eigenvalue weighted by molar-refractivity contribution is 7.89. The molecule has 0 unspecified atom stereocenters. The normalized spacial score (nSPS) is 11.4. The minimum atomic E-state index is -3.04. The largest absolute Gasteiger partial charge is 0.481 e. The molecule has 1 N–H and O–H groups in total. The second-order valence-corrected chi connectivity index (χ2v) is 7.48. The molecule has 0 saturated carbocycles. The quantitative estimate of drug-likeness (QED) is 0.912. The van der Waals surface area contributed by atoms with E-state index >= 15 is 0 Å². The Morgan fingerprint density at radius 3 is 2.50 bits per heavy atom. The first-order valence-corrected chi connectivity index (χ1v) is 8.71.